The molecule has 6 heteroatoms. The highest BCUT2D eigenvalue weighted by atomic mass is 19.3. The van der Waals surface area contributed by atoms with Crippen LogP contribution in [-0.4, -0.2) is 43.5 Å². The topological polar surface area (TPSA) is 41.6 Å². The zero-order chi connectivity index (χ0) is 15.8. The highest BCUT2D eigenvalue weighted by Crippen LogP contribution is 2.43. The fourth-order valence-electron chi connectivity index (χ4n) is 3.55. The normalized spacial score (nSPS) is 27.9. The molecule has 2 heterocycles. The maximum atomic E-state index is 14.1. The van der Waals surface area contributed by atoms with Crippen molar-refractivity contribution in [3.8, 4) is 5.75 Å². The minimum atomic E-state index is -2.83. The predicted molar refractivity (Wildman–Crippen MR) is 77.9 cm³/mol. The van der Waals surface area contributed by atoms with E-state index < -0.39 is 11.3 Å². The number of alkyl halides is 2. The number of rotatable bonds is 3. The molecule has 2 saturated heterocycles. The molecule has 1 aromatic rings. The molecule has 120 valence electrons. The molecule has 3 rings (SSSR count). The second kappa shape index (κ2) is 5.50. The number of halogens is 2. The number of hydrogen-bond acceptors (Lipinski definition) is 3. The van der Waals surface area contributed by atoms with E-state index in [4.69, 9.17) is 4.74 Å². The molecule has 2 aliphatic rings. The van der Waals surface area contributed by atoms with Crippen LogP contribution in [0.5, 0.6) is 5.75 Å². The van der Waals surface area contributed by atoms with Crippen molar-refractivity contribution >= 4 is 5.91 Å². The average molecular weight is 310 g/mol. The second-order valence-electron chi connectivity index (χ2n) is 6.31. The first-order valence-corrected chi connectivity index (χ1v) is 7.44. The molecule has 4 nitrogen and oxygen atoms in total. The number of hydrogen-bond donors (Lipinski definition) is 1. The molecule has 1 atom stereocenters. The molecule has 1 spiro atoms. The fraction of sp³-hybridized carbons (Fsp3) is 0.562. The van der Waals surface area contributed by atoms with Crippen LogP contribution in [0.1, 0.15) is 18.4 Å². The van der Waals surface area contributed by atoms with Gasteiger partial charge in [0, 0.05) is 26.1 Å². The van der Waals surface area contributed by atoms with Gasteiger partial charge in [-0.05, 0) is 24.1 Å². The first kappa shape index (κ1) is 15.2. The van der Waals surface area contributed by atoms with Crippen molar-refractivity contribution < 1.29 is 18.3 Å². The van der Waals surface area contributed by atoms with Gasteiger partial charge < -0.3 is 10.1 Å². The van der Waals surface area contributed by atoms with Gasteiger partial charge in [0.2, 0.25) is 5.91 Å². The summed E-state index contributed by atoms with van der Waals surface area (Å²) >= 11 is 0. The number of likely N-dealkylation sites (tertiary alicyclic amines) is 1. The smallest absolute Gasteiger partial charge is 0.261 e. The molecule has 1 unspecified atom stereocenters. The van der Waals surface area contributed by atoms with Crippen molar-refractivity contribution in [2.75, 3.05) is 26.7 Å². The van der Waals surface area contributed by atoms with Crippen LogP contribution in [0.25, 0.3) is 0 Å². The number of benzene rings is 1. The molecule has 0 bridgehead atoms. The van der Waals surface area contributed by atoms with E-state index >= 15 is 0 Å². The van der Waals surface area contributed by atoms with Crippen LogP contribution in [0.3, 0.4) is 0 Å². The Bertz CT molecular complexity index is 562. The number of ether oxygens (including phenoxy) is 1. The number of piperidine rings is 1. The summed E-state index contributed by atoms with van der Waals surface area (Å²) in [5.41, 5.74) is 0.000799. The number of nitrogens with one attached hydrogen (secondary N) is 1. The van der Waals surface area contributed by atoms with Crippen LogP contribution in [0, 0.1) is 5.41 Å². The molecule has 0 aromatic heterocycles. The van der Waals surface area contributed by atoms with Crippen LogP contribution < -0.4 is 10.1 Å². The molecule has 1 aromatic carbocycles. The van der Waals surface area contributed by atoms with Crippen LogP contribution in [0.15, 0.2) is 24.3 Å². The van der Waals surface area contributed by atoms with Gasteiger partial charge in [-0.2, -0.15) is 0 Å². The zero-order valence-corrected chi connectivity index (χ0v) is 12.6. The Kier molecular flexibility index (Phi) is 3.80. The van der Waals surface area contributed by atoms with E-state index in [2.05, 4.69) is 5.32 Å². The molecule has 1 amide bonds. The van der Waals surface area contributed by atoms with Crippen LogP contribution >= 0.6 is 0 Å². The molecular weight excluding hydrogens is 290 g/mol. The number of methoxy groups -OCH3 is 1. The number of nitrogens with zero attached hydrogens (tertiary/aromatic N) is 1. The predicted octanol–water partition coefficient (Wildman–Crippen LogP) is 2.04. The van der Waals surface area contributed by atoms with Gasteiger partial charge in [0.05, 0.1) is 19.1 Å². The zero-order valence-electron chi connectivity index (χ0n) is 12.6. The Balaban J connectivity index is 1.76. The maximum absolute atomic E-state index is 14.1. The van der Waals surface area contributed by atoms with Gasteiger partial charge in [-0.15, -0.1) is 0 Å². The third-order valence-electron chi connectivity index (χ3n) is 4.51. The van der Waals surface area contributed by atoms with E-state index in [-0.39, 0.29) is 18.9 Å². The number of carbonyl (C=O) groups is 1. The third-order valence-corrected chi connectivity index (χ3v) is 4.51. The maximum Gasteiger partial charge on any atom is 0.261 e. The Morgan fingerprint density at radius 2 is 2.00 bits per heavy atom. The van der Waals surface area contributed by atoms with E-state index in [1.165, 1.54) is 0 Å². The summed E-state index contributed by atoms with van der Waals surface area (Å²) in [6.45, 7) is 0.994. The lowest BCUT2D eigenvalue weighted by Crippen LogP contribution is -2.54. The van der Waals surface area contributed by atoms with E-state index in [0.29, 0.717) is 26.1 Å². The van der Waals surface area contributed by atoms with Gasteiger partial charge in [-0.3, -0.25) is 9.69 Å². The van der Waals surface area contributed by atoms with Gasteiger partial charge >= 0.3 is 0 Å². The molecule has 0 saturated carbocycles. The van der Waals surface area contributed by atoms with Crippen molar-refractivity contribution in [2.24, 2.45) is 5.41 Å². The lowest BCUT2D eigenvalue weighted by atomic mass is 9.77. The number of amides is 1. The van der Waals surface area contributed by atoms with Crippen LogP contribution in [0.2, 0.25) is 0 Å². The summed E-state index contributed by atoms with van der Waals surface area (Å²) in [5, 5.41) is 2.70. The van der Waals surface area contributed by atoms with Gasteiger partial charge in [0.15, 0.2) is 0 Å². The van der Waals surface area contributed by atoms with E-state index in [9.17, 15) is 13.6 Å². The Hall–Kier alpha value is -1.69. The molecule has 0 aliphatic carbocycles. The van der Waals surface area contributed by atoms with Gasteiger partial charge in [-0.1, -0.05) is 12.1 Å². The van der Waals surface area contributed by atoms with Gasteiger partial charge in [0.1, 0.15) is 5.75 Å². The van der Waals surface area contributed by atoms with Crippen molar-refractivity contribution in [1.29, 1.82) is 0 Å². The SMILES string of the molecule is COc1ccc(CN2CC(F)(F)CC3(CCNC3=O)C2)cc1. The first-order chi connectivity index (χ1) is 10.4. The molecular formula is C16H20F2N2O2. The standard InChI is InChI=1S/C16H20F2N2O2/c1-22-13-4-2-12(3-5-13)8-20-10-15(6-7-19-14(15)21)9-16(17,18)11-20/h2-5H,6-11H2,1H3,(H,19,21). The van der Waals surface area contributed by atoms with Gasteiger partial charge in [-0.25, -0.2) is 8.78 Å². The lowest BCUT2D eigenvalue weighted by molar-refractivity contribution is -0.149. The van der Waals surface area contributed by atoms with Crippen LogP contribution in [0.4, 0.5) is 8.78 Å². The lowest BCUT2D eigenvalue weighted by Gasteiger charge is -2.42. The van der Waals surface area contributed by atoms with Crippen molar-refractivity contribution in [3.63, 3.8) is 0 Å². The van der Waals surface area contributed by atoms with E-state index in [1.807, 2.05) is 24.3 Å². The van der Waals surface area contributed by atoms with Crippen LogP contribution in [-0.2, 0) is 11.3 Å². The molecule has 0 radical (unpaired) electrons. The third kappa shape index (κ3) is 2.92. The summed E-state index contributed by atoms with van der Waals surface area (Å²) < 4.78 is 33.3. The van der Waals surface area contributed by atoms with Crippen molar-refractivity contribution in [2.45, 2.75) is 25.3 Å². The fourth-order valence-corrected chi connectivity index (χ4v) is 3.55. The molecule has 2 aliphatic heterocycles. The van der Waals surface area contributed by atoms with Crippen molar-refractivity contribution in [1.82, 2.24) is 10.2 Å². The van der Waals surface area contributed by atoms with Crippen molar-refractivity contribution in [3.05, 3.63) is 29.8 Å². The average Bonchev–Trinajstić information content (AvgIpc) is 2.78. The highest BCUT2D eigenvalue weighted by Gasteiger charge is 2.54. The Morgan fingerprint density at radius 3 is 2.59 bits per heavy atom. The largest absolute Gasteiger partial charge is 0.497 e. The first-order valence-electron chi connectivity index (χ1n) is 7.44. The van der Waals surface area contributed by atoms with E-state index in [0.717, 1.165) is 11.3 Å². The molecule has 22 heavy (non-hydrogen) atoms. The highest BCUT2D eigenvalue weighted by molar-refractivity contribution is 5.85. The summed E-state index contributed by atoms with van der Waals surface area (Å²) in [6.07, 6.45) is 0.144. The second-order valence-corrected chi connectivity index (χ2v) is 6.31. The minimum absolute atomic E-state index is 0.230. The Morgan fingerprint density at radius 1 is 1.27 bits per heavy atom. The van der Waals surface area contributed by atoms with Gasteiger partial charge in [0.25, 0.3) is 5.92 Å². The molecule has 1 N–H and O–H groups in total. The summed E-state index contributed by atoms with van der Waals surface area (Å²) in [7, 11) is 1.59. The molecule has 2 fully saturated rings. The van der Waals surface area contributed by atoms with E-state index in [1.54, 1.807) is 12.0 Å². The summed E-state index contributed by atoms with van der Waals surface area (Å²) in [4.78, 5) is 13.7. The summed E-state index contributed by atoms with van der Waals surface area (Å²) in [5.74, 6) is -2.32. The minimum Gasteiger partial charge on any atom is -0.497 e. The monoisotopic (exact) mass is 310 g/mol. The summed E-state index contributed by atoms with van der Waals surface area (Å²) in [6, 6.07) is 7.37. The quantitative estimate of drug-likeness (QED) is 0.929. The Labute approximate surface area is 128 Å². The number of carbonyl (C=O) groups excluding carboxylic acids is 1.